The van der Waals surface area contributed by atoms with Crippen LogP contribution in [0.5, 0.6) is 0 Å². The third-order valence-electron chi connectivity index (χ3n) is 3.23. The third-order valence-corrected chi connectivity index (χ3v) is 3.47. The molecule has 0 radical (unpaired) electrons. The molecule has 0 bridgehead atoms. The van der Waals surface area contributed by atoms with Gasteiger partial charge in [0.1, 0.15) is 0 Å². The number of hydrogen-bond donors (Lipinski definition) is 2. The van der Waals surface area contributed by atoms with Crippen LogP contribution in [-0.2, 0) is 0 Å². The maximum atomic E-state index is 10.0. The lowest BCUT2D eigenvalue weighted by Gasteiger charge is -2.33. The van der Waals surface area contributed by atoms with Crippen molar-refractivity contribution in [2.24, 2.45) is 11.7 Å². The fourth-order valence-corrected chi connectivity index (χ4v) is 2.18. The fourth-order valence-electron chi connectivity index (χ4n) is 1.99. The van der Waals surface area contributed by atoms with E-state index in [1.807, 2.05) is 24.3 Å². The van der Waals surface area contributed by atoms with Gasteiger partial charge in [-0.3, -0.25) is 0 Å². The van der Waals surface area contributed by atoms with Gasteiger partial charge in [-0.05, 0) is 36.5 Å². The largest absolute Gasteiger partial charge is 0.391 e. The molecule has 1 aromatic rings. The molecule has 0 aliphatic heterocycles. The zero-order chi connectivity index (χ0) is 10.8. The minimum atomic E-state index is -0.433. The molecular weight excluding hydrogens is 245 g/mol. The fraction of sp³-hybridized carbons (Fsp3) is 0.500. The van der Waals surface area contributed by atoms with E-state index in [4.69, 9.17) is 17.3 Å². The van der Waals surface area contributed by atoms with Crippen LogP contribution in [0.15, 0.2) is 24.3 Å². The molecule has 90 valence electrons. The maximum absolute atomic E-state index is 10.0. The van der Waals surface area contributed by atoms with Crippen molar-refractivity contribution in [2.75, 3.05) is 0 Å². The van der Waals surface area contributed by atoms with E-state index in [-0.39, 0.29) is 18.4 Å². The first kappa shape index (κ1) is 13.8. The maximum Gasteiger partial charge on any atom is 0.0760 e. The molecule has 2 rings (SSSR count). The van der Waals surface area contributed by atoms with Gasteiger partial charge in [0.05, 0.1) is 12.1 Å². The standard InChI is InChI=1S/C12H16ClNO.ClH/c13-10-6-2-5-9(7-10)11(14)12(15)8-3-1-4-8;/h2,5-8,11-12,15H,1,3-4,14H2;1H/t11-,12+;/m0./s1. The Balaban J connectivity index is 0.00000128. The van der Waals surface area contributed by atoms with Crippen molar-refractivity contribution < 1.29 is 5.11 Å². The van der Waals surface area contributed by atoms with Gasteiger partial charge >= 0.3 is 0 Å². The lowest BCUT2D eigenvalue weighted by molar-refractivity contribution is 0.0414. The Morgan fingerprint density at radius 2 is 2.06 bits per heavy atom. The summed E-state index contributed by atoms with van der Waals surface area (Å²) in [6.07, 6.45) is 2.96. The first-order chi connectivity index (χ1) is 7.18. The highest BCUT2D eigenvalue weighted by molar-refractivity contribution is 6.30. The number of aliphatic hydroxyl groups excluding tert-OH is 1. The Morgan fingerprint density at radius 3 is 2.56 bits per heavy atom. The van der Waals surface area contributed by atoms with Gasteiger partial charge in [0.15, 0.2) is 0 Å². The van der Waals surface area contributed by atoms with Crippen molar-refractivity contribution in [3.63, 3.8) is 0 Å². The molecule has 1 aromatic carbocycles. The molecule has 4 heteroatoms. The van der Waals surface area contributed by atoms with Crippen LogP contribution in [0.3, 0.4) is 0 Å². The Hall–Kier alpha value is -0.280. The summed E-state index contributed by atoms with van der Waals surface area (Å²) in [6.45, 7) is 0. The first-order valence-electron chi connectivity index (χ1n) is 5.37. The van der Waals surface area contributed by atoms with Gasteiger partial charge in [0, 0.05) is 5.02 Å². The molecule has 1 aliphatic carbocycles. The van der Waals surface area contributed by atoms with E-state index in [0.29, 0.717) is 10.9 Å². The topological polar surface area (TPSA) is 46.2 Å². The normalized spacial score (nSPS) is 19.4. The summed E-state index contributed by atoms with van der Waals surface area (Å²) >= 11 is 5.88. The van der Waals surface area contributed by atoms with Gasteiger partial charge in [-0.2, -0.15) is 0 Å². The SMILES string of the molecule is Cl.N[C@@H](c1cccc(Cl)c1)[C@H](O)C1CCC1. The van der Waals surface area contributed by atoms with Crippen LogP contribution in [-0.4, -0.2) is 11.2 Å². The molecule has 0 unspecified atom stereocenters. The van der Waals surface area contributed by atoms with E-state index in [1.54, 1.807) is 0 Å². The second-order valence-corrected chi connectivity index (χ2v) is 4.70. The zero-order valence-corrected chi connectivity index (χ0v) is 10.5. The number of rotatable bonds is 3. The van der Waals surface area contributed by atoms with E-state index in [1.165, 1.54) is 6.42 Å². The van der Waals surface area contributed by atoms with Crippen LogP contribution < -0.4 is 5.73 Å². The van der Waals surface area contributed by atoms with Crippen molar-refractivity contribution >= 4 is 24.0 Å². The van der Waals surface area contributed by atoms with Crippen LogP contribution in [0.1, 0.15) is 30.9 Å². The average molecular weight is 262 g/mol. The Labute approximate surface area is 107 Å². The molecule has 1 saturated carbocycles. The van der Waals surface area contributed by atoms with Crippen LogP contribution in [0.25, 0.3) is 0 Å². The number of nitrogens with two attached hydrogens (primary N) is 1. The molecular formula is C12H17Cl2NO. The predicted octanol–water partition coefficient (Wildman–Crippen LogP) is 2.92. The van der Waals surface area contributed by atoms with Gasteiger partial charge < -0.3 is 10.8 Å². The van der Waals surface area contributed by atoms with Crippen molar-refractivity contribution in [2.45, 2.75) is 31.4 Å². The first-order valence-corrected chi connectivity index (χ1v) is 5.75. The molecule has 0 aromatic heterocycles. The van der Waals surface area contributed by atoms with E-state index >= 15 is 0 Å². The Kier molecular flexibility index (Phi) is 5.06. The summed E-state index contributed by atoms with van der Waals surface area (Å²) in [5, 5.41) is 10.7. The van der Waals surface area contributed by atoms with Crippen molar-refractivity contribution in [1.82, 2.24) is 0 Å². The van der Waals surface area contributed by atoms with E-state index in [9.17, 15) is 5.11 Å². The lowest BCUT2D eigenvalue weighted by Crippen LogP contribution is -2.36. The van der Waals surface area contributed by atoms with Gasteiger partial charge in [-0.25, -0.2) is 0 Å². The molecule has 0 amide bonds. The quantitative estimate of drug-likeness (QED) is 0.879. The van der Waals surface area contributed by atoms with Crippen LogP contribution in [0, 0.1) is 5.92 Å². The molecule has 0 saturated heterocycles. The molecule has 0 heterocycles. The second kappa shape index (κ2) is 5.87. The smallest absolute Gasteiger partial charge is 0.0760 e. The van der Waals surface area contributed by atoms with Gasteiger partial charge in [-0.1, -0.05) is 30.2 Å². The minimum Gasteiger partial charge on any atom is -0.391 e. The number of benzene rings is 1. The van der Waals surface area contributed by atoms with Crippen LogP contribution in [0.4, 0.5) is 0 Å². The summed E-state index contributed by atoms with van der Waals surface area (Å²) in [7, 11) is 0. The van der Waals surface area contributed by atoms with Crippen molar-refractivity contribution in [3.05, 3.63) is 34.9 Å². The molecule has 2 nitrogen and oxygen atoms in total. The molecule has 0 spiro atoms. The van der Waals surface area contributed by atoms with Gasteiger partial charge in [-0.15, -0.1) is 12.4 Å². The molecule has 2 atom stereocenters. The van der Waals surface area contributed by atoms with Crippen molar-refractivity contribution in [1.29, 1.82) is 0 Å². The number of hydrogen-bond acceptors (Lipinski definition) is 2. The highest BCUT2D eigenvalue weighted by Crippen LogP contribution is 2.34. The molecule has 1 fully saturated rings. The molecule has 16 heavy (non-hydrogen) atoms. The van der Waals surface area contributed by atoms with Gasteiger partial charge in [0.2, 0.25) is 0 Å². The summed E-state index contributed by atoms with van der Waals surface area (Å²) in [5.74, 6) is 0.374. The van der Waals surface area contributed by atoms with Gasteiger partial charge in [0.25, 0.3) is 0 Å². The van der Waals surface area contributed by atoms with Crippen molar-refractivity contribution in [3.8, 4) is 0 Å². The third kappa shape index (κ3) is 2.89. The number of aliphatic hydroxyl groups is 1. The van der Waals surface area contributed by atoms with E-state index in [0.717, 1.165) is 18.4 Å². The number of halogens is 2. The summed E-state index contributed by atoms with van der Waals surface area (Å²) in [5.41, 5.74) is 6.93. The zero-order valence-electron chi connectivity index (χ0n) is 8.97. The molecule has 3 N–H and O–H groups in total. The summed E-state index contributed by atoms with van der Waals surface area (Å²) < 4.78 is 0. The average Bonchev–Trinajstić information content (AvgIpc) is 2.14. The van der Waals surface area contributed by atoms with E-state index < -0.39 is 6.10 Å². The second-order valence-electron chi connectivity index (χ2n) is 4.26. The predicted molar refractivity (Wildman–Crippen MR) is 69.0 cm³/mol. The molecule has 1 aliphatic rings. The highest BCUT2D eigenvalue weighted by atomic mass is 35.5. The van der Waals surface area contributed by atoms with Crippen LogP contribution >= 0.6 is 24.0 Å². The highest BCUT2D eigenvalue weighted by Gasteiger charge is 2.30. The van der Waals surface area contributed by atoms with Crippen LogP contribution in [0.2, 0.25) is 5.02 Å². The minimum absolute atomic E-state index is 0. The Morgan fingerprint density at radius 1 is 1.38 bits per heavy atom. The Bertz CT molecular complexity index is 342. The lowest BCUT2D eigenvalue weighted by atomic mass is 9.77. The van der Waals surface area contributed by atoms with E-state index in [2.05, 4.69) is 0 Å². The monoisotopic (exact) mass is 261 g/mol. The summed E-state index contributed by atoms with van der Waals surface area (Å²) in [4.78, 5) is 0. The summed E-state index contributed by atoms with van der Waals surface area (Å²) in [6, 6.07) is 7.11.